The highest BCUT2D eigenvalue weighted by molar-refractivity contribution is 6.33. The third-order valence-electron chi connectivity index (χ3n) is 6.05. The molecule has 2 amide bonds. The number of anilines is 1. The van der Waals surface area contributed by atoms with Crippen molar-refractivity contribution in [3.63, 3.8) is 0 Å². The summed E-state index contributed by atoms with van der Waals surface area (Å²) in [5.41, 5.74) is 2.46. The van der Waals surface area contributed by atoms with E-state index >= 15 is 0 Å². The number of amides is 2. The average molecular weight is 582 g/mol. The van der Waals surface area contributed by atoms with Crippen molar-refractivity contribution >= 4 is 41.0 Å². The topological polar surface area (TPSA) is 85.7 Å². The fraction of sp³-hybridized carbons (Fsp3) is 0.233. The Balaban J connectivity index is 1.67. The fourth-order valence-corrected chi connectivity index (χ4v) is 4.54. The zero-order valence-electron chi connectivity index (χ0n) is 22.7. The Labute approximate surface area is 243 Å². The van der Waals surface area contributed by atoms with Gasteiger partial charge in [0, 0.05) is 29.4 Å². The maximum Gasteiger partial charge on any atom is 0.255 e. The Kier molecular flexibility index (Phi) is 9.34. The molecule has 0 aliphatic rings. The van der Waals surface area contributed by atoms with E-state index in [0.29, 0.717) is 45.0 Å². The first-order chi connectivity index (χ1) is 19.2. The smallest absolute Gasteiger partial charge is 0.255 e. The molecule has 40 heavy (non-hydrogen) atoms. The van der Waals surface area contributed by atoms with Crippen LogP contribution in [0.25, 0.3) is 16.9 Å². The average Bonchev–Trinajstić information content (AvgIpc) is 3.35. The standard InChI is InChI=1S/C30H30Cl2N4O4/c1-19(2)16-35(29(38)23-7-5-6-8-24(23)32)18-28(37)34-30-33-25(20-9-11-21(31)12-10-20)17-36(30)22-13-14-26(39-3)27(15-22)40-4/h5-15,17,19H,16,18H2,1-4H3,(H,33,34,37). The molecular formula is C30H30Cl2N4O4. The van der Waals surface area contributed by atoms with Gasteiger partial charge in [-0.3, -0.25) is 19.5 Å². The molecular weight excluding hydrogens is 551 g/mol. The minimum atomic E-state index is -0.406. The fourth-order valence-electron chi connectivity index (χ4n) is 4.20. The summed E-state index contributed by atoms with van der Waals surface area (Å²) in [6.07, 6.45) is 1.81. The van der Waals surface area contributed by atoms with Crippen LogP contribution >= 0.6 is 23.2 Å². The lowest BCUT2D eigenvalue weighted by molar-refractivity contribution is -0.117. The number of hydrogen-bond acceptors (Lipinski definition) is 5. The monoisotopic (exact) mass is 580 g/mol. The zero-order chi connectivity index (χ0) is 28.8. The summed E-state index contributed by atoms with van der Waals surface area (Å²) >= 11 is 12.4. The van der Waals surface area contributed by atoms with E-state index in [-0.39, 0.29) is 24.3 Å². The Morgan fingerprint density at radius 2 is 1.68 bits per heavy atom. The molecule has 0 aliphatic heterocycles. The van der Waals surface area contributed by atoms with Gasteiger partial charge in [0.2, 0.25) is 11.9 Å². The van der Waals surface area contributed by atoms with E-state index in [1.165, 1.54) is 4.90 Å². The SMILES string of the molecule is COc1ccc(-n2cc(-c3ccc(Cl)cc3)nc2NC(=O)CN(CC(C)C)C(=O)c2ccccc2Cl)cc1OC. The molecule has 10 heteroatoms. The van der Waals surface area contributed by atoms with Crippen molar-refractivity contribution in [1.82, 2.24) is 14.5 Å². The van der Waals surface area contributed by atoms with Gasteiger partial charge in [-0.15, -0.1) is 0 Å². The maximum absolute atomic E-state index is 13.4. The first-order valence-electron chi connectivity index (χ1n) is 12.6. The van der Waals surface area contributed by atoms with Crippen molar-refractivity contribution in [3.8, 4) is 28.4 Å². The quantitative estimate of drug-likeness (QED) is 0.228. The molecule has 8 nitrogen and oxygen atoms in total. The van der Waals surface area contributed by atoms with Crippen LogP contribution in [0.3, 0.4) is 0 Å². The third-order valence-corrected chi connectivity index (χ3v) is 6.64. The molecule has 0 unspecified atom stereocenters. The van der Waals surface area contributed by atoms with Crippen molar-refractivity contribution in [2.75, 3.05) is 32.6 Å². The summed E-state index contributed by atoms with van der Waals surface area (Å²) in [5, 5.41) is 3.82. The molecule has 0 saturated carbocycles. The van der Waals surface area contributed by atoms with E-state index in [0.717, 1.165) is 5.56 Å². The summed E-state index contributed by atoms with van der Waals surface area (Å²) in [4.78, 5) is 32.9. The van der Waals surface area contributed by atoms with Crippen molar-refractivity contribution < 1.29 is 19.1 Å². The second-order valence-corrected chi connectivity index (χ2v) is 10.3. The van der Waals surface area contributed by atoms with E-state index in [1.54, 1.807) is 73.5 Å². The number of aromatic nitrogens is 2. The van der Waals surface area contributed by atoms with Crippen LogP contribution in [0.4, 0.5) is 5.95 Å². The lowest BCUT2D eigenvalue weighted by atomic mass is 10.1. The van der Waals surface area contributed by atoms with Gasteiger partial charge >= 0.3 is 0 Å². The molecule has 4 rings (SSSR count). The second-order valence-electron chi connectivity index (χ2n) is 9.47. The minimum Gasteiger partial charge on any atom is -0.493 e. The number of nitrogens with zero attached hydrogens (tertiary/aromatic N) is 3. The molecule has 1 N–H and O–H groups in total. The van der Waals surface area contributed by atoms with Crippen LogP contribution < -0.4 is 14.8 Å². The number of rotatable bonds is 10. The van der Waals surface area contributed by atoms with E-state index < -0.39 is 5.91 Å². The van der Waals surface area contributed by atoms with E-state index in [1.807, 2.05) is 32.0 Å². The molecule has 0 saturated heterocycles. The first kappa shape index (κ1) is 29.0. The molecule has 1 aromatic heterocycles. The van der Waals surface area contributed by atoms with E-state index in [4.69, 9.17) is 37.7 Å². The van der Waals surface area contributed by atoms with Crippen molar-refractivity contribution in [3.05, 3.63) is 88.5 Å². The molecule has 0 aliphatic carbocycles. The van der Waals surface area contributed by atoms with Gasteiger partial charge in [0.15, 0.2) is 11.5 Å². The summed E-state index contributed by atoms with van der Waals surface area (Å²) in [7, 11) is 3.11. The number of methoxy groups -OCH3 is 2. The van der Waals surface area contributed by atoms with Crippen LogP contribution in [-0.2, 0) is 4.79 Å². The van der Waals surface area contributed by atoms with Gasteiger partial charge in [-0.2, -0.15) is 0 Å². The van der Waals surface area contributed by atoms with Crippen molar-refractivity contribution in [2.45, 2.75) is 13.8 Å². The molecule has 0 spiro atoms. The molecule has 0 atom stereocenters. The highest BCUT2D eigenvalue weighted by Crippen LogP contribution is 2.32. The van der Waals surface area contributed by atoms with Gasteiger partial charge < -0.3 is 14.4 Å². The van der Waals surface area contributed by atoms with E-state index in [2.05, 4.69) is 5.32 Å². The number of carbonyl (C=O) groups excluding carboxylic acids is 2. The largest absolute Gasteiger partial charge is 0.493 e. The third kappa shape index (κ3) is 6.76. The van der Waals surface area contributed by atoms with Gasteiger partial charge in [-0.1, -0.05) is 61.3 Å². The van der Waals surface area contributed by atoms with Crippen LogP contribution in [0.2, 0.25) is 10.0 Å². The lowest BCUT2D eigenvalue weighted by Crippen LogP contribution is -2.40. The van der Waals surface area contributed by atoms with Crippen molar-refractivity contribution in [1.29, 1.82) is 0 Å². The number of carbonyl (C=O) groups is 2. The predicted octanol–water partition coefficient (Wildman–Crippen LogP) is 6.60. The van der Waals surface area contributed by atoms with Crippen molar-refractivity contribution in [2.24, 2.45) is 5.92 Å². The Bertz CT molecular complexity index is 1500. The molecule has 3 aromatic carbocycles. The summed E-state index contributed by atoms with van der Waals surface area (Å²) in [6.45, 7) is 4.15. The van der Waals surface area contributed by atoms with Crippen LogP contribution in [-0.4, -0.2) is 53.6 Å². The highest BCUT2D eigenvalue weighted by atomic mass is 35.5. The number of nitrogens with one attached hydrogen (secondary N) is 1. The molecule has 4 aromatic rings. The minimum absolute atomic E-state index is 0.129. The lowest BCUT2D eigenvalue weighted by Gasteiger charge is -2.24. The number of ether oxygens (including phenoxy) is 2. The highest BCUT2D eigenvalue weighted by Gasteiger charge is 2.23. The van der Waals surface area contributed by atoms with Gasteiger partial charge in [-0.05, 0) is 42.3 Å². The zero-order valence-corrected chi connectivity index (χ0v) is 24.2. The van der Waals surface area contributed by atoms with Crippen LogP contribution in [0.1, 0.15) is 24.2 Å². The van der Waals surface area contributed by atoms with Gasteiger partial charge in [0.05, 0.1) is 36.2 Å². The van der Waals surface area contributed by atoms with Crippen LogP contribution in [0.5, 0.6) is 11.5 Å². The second kappa shape index (κ2) is 12.9. The number of hydrogen-bond donors (Lipinski definition) is 1. The Morgan fingerprint density at radius 3 is 2.33 bits per heavy atom. The number of imidazole rings is 1. The Morgan fingerprint density at radius 1 is 0.975 bits per heavy atom. The summed E-state index contributed by atoms with van der Waals surface area (Å²) < 4.78 is 12.6. The number of benzene rings is 3. The Hall–Kier alpha value is -4.01. The summed E-state index contributed by atoms with van der Waals surface area (Å²) in [5.74, 6) is 0.765. The van der Waals surface area contributed by atoms with Gasteiger partial charge in [0.25, 0.3) is 5.91 Å². The maximum atomic E-state index is 13.4. The number of halogens is 2. The molecule has 208 valence electrons. The normalized spacial score (nSPS) is 10.9. The van der Waals surface area contributed by atoms with Crippen LogP contribution in [0.15, 0.2) is 72.9 Å². The van der Waals surface area contributed by atoms with E-state index in [9.17, 15) is 9.59 Å². The van der Waals surface area contributed by atoms with Gasteiger partial charge in [0.1, 0.15) is 6.54 Å². The van der Waals surface area contributed by atoms with Crippen LogP contribution in [0, 0.1) is 5.92 Å². The first-order valence-corrected chi connectivity index (χ1v) is 13.4. The molecule has 0 bridgehead atoms. The molecule has 1 heterocycles. The molecule has 0 fully saturated rings. The summed E-state index contributed by atoms with van der Waals surface area (Å²) in [6, 6.07) is 19.4. The predicted molar refractivity (Wildman–Crippen MR) is 158 cm³/mol. The molecule has 0 radical (unpaired) electrons. The van der Waals surface area contributed by atoms with Gasteiger partial charge in [-0.25, -0.2) is 4.98 Å².